The highest BCUT2D eigenvalue weighted by molar-refractivity contribution is 7.89. The van der Waals surface area contributed by atoms with Crippen LogP contribution in [-0.2, 0) is 14.8 Å². The maximum Gasteiger partial charge on any atom is 0.240 e. The van der Waals surface area contributed by atoms with E-state index in [2.05, 4.69) is 4.72 Å². The van der Waals surface area contributed by atoms with Crippen molar-refractivity contribution in [2.24, 2.45) is 17.6 Å². The molecule has 0 saturated heterocycles. The molecule has 3 N–H and O–H groups in total. The van der Waals surface area contributed by atoms with Gasteiger partial charge in [-0.1, -0.05) is 24.1 Å². The maximum atomic E-state index is 12.5. The standard InChI is InChI=1S/C17H27N3O3S/c1-13-6-8-15(9-7-13)24(22,23)19-10-11-20(2)17(21)16-5-3-4-14(16)12-18/h6-9,14,16,19H,3-5,10-12,18H2,1-2H3/t14-,16-/m1/s1. The van der Waals surface area contributed by atoms with Crippen molar-refractivity contribution in [3.05, 3.63) is 29.8 Å². The number of hydrogen-bond acceptors (Lipinski definition) is 4. The number of nitrogens with one attached hydrogen (secondary N) is 1. The number of nitrogens with zero attached hydrogens (tertiary/aromatic N) is 1. The topological polar surface area (TPSA) is 92.5 Å². The average Bonchev–Trinajstić information content (AvgIpc) is 3.02. The summed E-state index contributed by atoms with van der Waals surface area (Å²) in [5, 5.41) is 0. The fraction of sp³-hybridized carbons (Fsp3) is 0.588. The highest BCUT2D eigenvalue weighted by atomic mass is 32.2. The van der Waals surface area contributed by atoms with E-state index >= 15 is 0 Å². The van der Waals surface area contributed by atoms with Gasteiger partial charge >= 0.3 is 0 Å². The quantitative estimate of drug-likeness (QED) is 0.768. The molecule has 2 atom stereocenters. The second-order valence-electron chi connectivity index (χ2n) is 6.50. The van der Waals surface area contributed by atoms with Crippen molar-refractivity contribution >= 4 is 15.9 Å². The molecule has 0 aliphatic heterocycles. The third-order valence-electron chi connectivity index (χ3n) is 4.73. The van der Waals surface area contributed by atoms with Crippen LogP contribution in [0.4, 0.5) is 0 Å². The van der Waals surface area contributed by atoms with Crippen molar-refractivity contribution in [1.29, 1.82) is 0 Å². The zero-order chi connectivity index (χ0) is 17.7. The van der Waals surface area contributed by atoms with E-state index < -0.39 is 10.0 Å². The smallest absolute Gasteiger partial charge is 0.240 e. The second kappa shape index (κ2) is 8.09. The van der Waals surface area contributed by atoms with Gasteiger partial charge in [-0.15, -0.1) is 0 Å². The van der Waals surface area contributed by atoms with E-state index in [9.17, 15) is 13.2 Å². The Morgan fingerprint density at radius 2 is 1.96 bits per heavy atom. The predicted octanol–water partition coefficient (Wildman–Crippen LogP) is 1.11. The molecule has 0 spiro atoms. The van der Waals surface area contributed by atoms with E-state index in [0.717, 1.165) is 24.8 Å². The number of aryl methyl sites for hydroxylation is 1. The van der Waals surface area contributed by atoms with E-state index in [4.69, 9.17) is 5.73 Å². The number of hydrogen-bond donors (Lipinski definition) is 2. The van der Waals surface area contributed by atoms with E-state index in [1.807, 2.05) is 6.92 Å². The number of nitrogens with two attached hydrogens (primary N) is 1. The molecular weight excluding hydrogens is 326 g/mol. The van der Waals surface area contributed by atoms with Gasteiger partial charge in [-0.2, -0.15) is 0 Å². The SMILES string of the molecule is Cc1ccc(S(=O)(=O)NCCN(C)C(=O)[C@@H]2CCC[C@@H]2CN)cc1. The molecule has 0 bridgehead atoms. The molecule has 1 aromatic carbocycles. The molecular formula is C17H27N3O3S. The molecule has 0 aromatic heterocycles. The summed E-state index contributed by atoms with van der Waals surface area (Å²) in [6, 6.07) is 6.68. The zero-order valence-electron chi connectivity index (χ0n) is 14.4. The molecule has 6 nitrogen and oxygen atoms in total. The minimum absolute atomic E-state index is 0.0197. The van der Waals surface area contributed by atoms with Crippen molar-refractivity contribution in [3.8, 4) is 0 Å². The van der Waals surface area contributed by atoms with Crippen LogP contribution in [0.15, 0.2) is 29.2 Å². The van der Waals surface area contributed by atoms with Gasteiger partial charge in [0.2, 0.25) is 15.9 Å². The number of carbonyl (C=O) groups is 1. The van der Waals surface area contributed by atoms with Crippen LogP contribution >= 0.6 is 0 Å². The predicted molar refractivity (Wildman–Crippen MR) is 93.9 cm³/mol. The number of benzene rings is 1. The Morgan fingerprint density at radius 3 is 2.58 bits per heavy atom. The lowest BCUT2D eigenvalue weighted by molar-refractivity contribution is -0.135. The van der Waals surface area contributed by atoms with Gasteiger partial charge in [0.1, 0.15) is 0 Å². The molecule has 0 radical (unpaired) electrons. The van der Waals surface area contributed by atoms with E-state index in [-0.39, 0.29) is 29.2 Å². The number of likely N-dealkylation sites (N-methyl/N-ethyl adjacent to an activating group) is 1. The second-order valence-corrected chi connectivity index (χ2v) is 8.27. The summed E-state index contributed by atoms with van der Waals surface area (Å²) in [4.78, 5) is 14.3. The first-order valence-corrected chi connectivity index (χ1v) is 9.85. The summed E-state index contributed by atoms with van der Waals surface area (Å²) < 4.78 is 27.0. The number of amides is 1. The molecule has 1 amide bonds. The highest BCUT2D eigenvalue weighted by Crippen LogP contribution is 2.32. The van der Waals surface area contributed by atoms with Crippen molar-refractivity contribution < 1.29 is 13.2 Å². The Morgan fingerprint density at radius 1 is 1.29 bits per heavy atom. The van der Waals surface area contributed by atoms with Gasteiger partial charge in [0, 0.05) is 26.1 Å². The van der Waals surface area contributed by atoms with Crippen molar-refractivity contribution in [2.75, 3.05) is 26.7 Å². The van der Waals surface area contributed by atoms with Crippen LogP contribution in [0.1, 0.15) is 24.8 Å². The first-order valence-electron chi connectivity index (χ1n) is 8.36. The Balaban J connectivity index is 1.86. The summed E-state index contributed by atoms with van der Waals surface area (Å²) in [5.41, 5.74) is 6.74. The Kier molecular flexibility index (Phi) is 6.37. The molecule has 1 saturated carbocycles. The molecule has 0 unspecified atom stereocenters. The summed E-state index contributed by atoms with van der Waals surface area (Å²) in [6.07, 6.45) is 2.91. The Labute approximate surface area is 144 Å². The summed E-state index contributed by atoms with van der Waals surface area (Å²) in [5.74, 6) is 0.301. The maximum absolute atomic E-state index is 12.5. The lowest BCUT2D eigenvalue weighted by atomic mass is 9.95. The van der Waals surface area contributed by atoms with Gasteiger partial charge < -0.3 is 10.6 Å². The summed E-state index contributed by atoms with van der Waals surface area (Å²) in [7, 11) is -1.82. The van der Waals surface area contributed by atoms with Gasteiger partial charge in [0.05, 0.1) is 4.90 Å². The zero-order valence-corrected chi connectivity index (χ0v) is 15.2. The monoisotopic (exact) mass is 353 g/mol. The Hall–Kier alpha value is -1.44. The van der Waals surface area contributed by atoms with Crippen LogP contribution in [-0.4, -0.2) is 45.9 Å². The third kappa shape index (κ3) is 4.55. The molecule has 7 heteroatoms. The van der Waals surface area contributed by atoms with Gasteiger partial charge in [-0.25, -0.2) is 13.1 Å². The summed E-state index contributed by atoms with van der Waals surface area (Å²) in [6.45, 7) is 2.97. The van der Waals surface area contributed by atoms with E-state index in [0.29, 0.717) is 13.1 Å². The van der Waals surface area contributed by atoms with Crippen molar-refractivity contribution in [1.82, 2.24) is 9.62 Å². The number of rotatable bonds is 7. The van der Waals surface area contributed by atoms with Crippen LogP contribution in [0.25, 0.3) is 0 Å². The van der Waals surface area contributed by atoms with Crippen LogP contribution in [0.5, 0.6) is 0 Å². The van der Waals surface area contributed by atoms with Gasteiger partial charge in [0.25, 0.3) is 0 Å². The minimum Gasteiger partial charge on any atom is -0.344 e. The number of carbonyl (C=O) groups excluding carboxylic acids is 1. The van der Waals surface area contributed by atoms with Gasteiger partial charge in [0.15, 0.2) is 0 Å². The first kappa shape index (κ1) is 18.9. The van der Waals surface area contributed by atoms with Crippen molar-refractivity contribution in [3.63, 3.8) is 0 Å². The van der Waals surface area contributed by atoms with Crippen LogP contribution in [0.3, 0.4) is 0 Å². The first-order chi connectivity index (χ1) is 11.3. The van der Waals surface area contributed by atoms with Crippen LogP contribution in [0, 0.1) is 18.8 Å². The molecule has 1 aliphatic rings. The normalized spacial score (nSPS) is 21.0. The fourth-order valence-electron chi connectivity index (χ4n) is 3.19. The van der Waals surface area contributed by atoms with E-state index in [1.54, 1.807) is 36.2 Å². The summed E-state index contributed by atoms with van der Waals surface area (Å²) >= 11 is 0. The van der Waals surface area contributed by atoms with Crippen molar-refractivity contribution in [2.45, 2.75) is 31.1 Å². The molecule has 0 heterocycles. The lowest BCUT2D eigenvalue weighted by Gasteiger charge is -2.24. The number of sulfonamides is 1. The van der Waals surface area contributed by atoms with Gasteiger partial charge in [-0.3, -0.25) is 4.79 Å². The molecule has 134 valence electrons. The third-order valence-corrected chi connectivity index (χ3v) is 6.20. The fourth-order valence-corrected chi connectivity index (χ4v) is 4.21. The van der Waals surface area contributed by atoms with Gasteiger partial charge in [-0.05, 0) is 44.4 Å². The highest BCUT2D eigenvalue weighted by Gasteiger charge is 2.33. The molecule has 24 heavy (non-hydrogen) atoms. The molecule has 1 aromatic rings. The van der Waals surface area contributed by atoms with E-state index in [1.165, 1.54) is 0 Å². The van der Waals surface area contributed by atoms with Crippen LogP contribution < -0.4 is 10.5 Å². The molecule has 1 aliphatic carbocycles. The van der Waals surface area contributed by atoms with Crippen LogP contribution in [0.2, 0.25) is 0 Å². The average molecular weight is 353 g/mol. The largest absolute Gasteiger partial charge is 0.344 e. The molecule has 2 rings (SSSR count). The lowest BCUT2D eigenvalue weighted by Crippen LogP contribution is -2.40. The Bertz CT molecular complexity index is 658. The molecule has 1 fully saturated rings. The minimum atomic E-state index is -3.54.